The molecule has 0 amide bonds. The normalized spacial score (nSPS) is 14.2. The largest absolute Gasteiger partial charge is 0.310 e. The summed E-state index contributed by atoms with van der Waals surface area (Å²) in [5.41, 5.74) is 3.70. The molecule has 0 unspecified atom stereocenters. The van der Waals surface area contributed by atoms with Crippen molar-refractivity contribution >= 4 is 21.6 Å². The Balaban J connectivity index is 1.79. The summed E-state index contributed by atoms with van der Waals surface area (Å²) in [6, 6.07) is 8.35. The first-order chi connectivity index (χ1) is 10.7. The smallest absolute Gasteiger partial charge is 0.259 e. The fourth-order valence-electron chi connectivity index (χ4n) is 3.31. The first-order valence-corrected chi connectivity index (χ1v) is 8.61. The molecule has 0 fully saturated rings. The Hall–Kier alpha value is -1.94. The summed E-state index contributed by atoms with van der Waals surface area (Å²) >= 11 is 1.71. The van der Waals surface area contributed by atoms with Gasteiger partial charge in [-0.1, -0.05) is 29.8 Å². The third-order valence-electron chi connectivity index (χ3n) is 4.33. The molecule has 4 heteroatoms. The topological polar surface area (TPSA) is 45.8 Å². The van der Waals surface area contributed by atoms with E-state index >= 15 is 0 Å². The van der Waals surface area contributed by atoms with Gasteiger partial charge < -0.3 is 4.98 Å². The molecule has 0 saturated heterocycles. The van der Waals surface area contributed by atoms with Gasteiger partial charge in [0.25, 0.3) is 5.56 Å². The van der Waals surface area contributed by atoms with Crippen molar-refractivity contribution in [1.29, 1.82) is 0 Å². The SMILES string of the molecule is Cc1cccc(Cc2nc3sc4c(c3c(=O)[nH]2)CCCC4)c1. The maximum Gasteiger partial charge on any atom is 0.259 e. The monoisotopic (exact) mass is 310 g/mol. The number of fused-ring (bicyclic) bond motifs is 3. The van der Waals surface area contributed by atoms with Gasteiger partial charge in [0, 0.05) is 11.3 Å². The van der Waals surface area contributed by atoms with Crippen LogP contribution in [0.15, 0.2) is 29.1 Å². The second-order valence-electron chi connectivity index (χ2n) is 6.07. The molecule has 3 nitrogen and oxygen atoms in total. The highest BCUT2D eigenvalue weighted by Gasteiger charge is 2.19. The molecule has 1 aliphatic carbocycles. The average Bonchev–Trinajstić information content (AvgIpc) is 2.85. The van der Waals surface area contributed by atoms with E-state index in [1.54, 1.807) is 11.3 Å². The minimum Gasteiger partial charge on any atom is -0.310 e. The van der Waals surface area contributed by atoms with Gasteiger partial charge in [0.2, 0.25) is 0 Å². The molecule has 3 aromatic rings. The summed E-state index contributed by atoms with van der Waals surface area (Å²) in [6.45, 7) is 2.08. The van der Waals surface area contributed by atoms with E-state index in [0.717, 1.165) is 28.9 Å². The molecular formula is C18H18N2OS. The minimum atomic E-state index is 0.0343. The van der Waals surface area contributed by atoms with E-state index in [2.05, 4.69) is 30.1 Å². The van der Waals surface area contributed by atoms with Crippen LogP contribution in [0.2, 0.25) is 0 Å². The van der Waals surface area contributed by atoms with Crippen LogP contribution >= 0.6 is 11.3 Å². The number of hydrogen-bond donors (Lipinski definition) is 1. The fraction of sp³-hybridized carbons (Fsp3) is 0.333. The lowest BCUT2D eigenvalue weighted by atomic mass is 9.97. The predicted molar refractivity (Wildman–Crippen MR) is 90.9 cm³/mol. The summed E-state index contributed by atoms with van der Waals surface area (Å²) in [5.74, 6) is 0.765. The second-order valence-corrected chi connectivity index (χ2v) is 7.15. The maximum atomic E-state index is 12.5. The molecule has 0 atom stereocenters. The van der Waals surface area contributed by atoms with Crippen molar-refractivity contribution in [2.75, 3.05) is 0 Å². The van der Waals surface area contributed by atoms with Crippen LogP contribution in [0.1, 0.15) is 40.2 Å². The zero-order valence-corrected chi connectivity index (χ0v) is 13.4. The van der Waals surface area contributed by atoms with Crippen LogP contribution in [0, 0.1) is 6.92 Å². The number of nitrogens with zero attached hydrogens (tertiary/aromatic N) is 1. The van der Waals surface area contributed by atoms with Crippen molar-refractivity contribution in [2.45, 2.75) is 39.0 Å². The van der Waals surface area contributed by atoms with Gasteiger partial charge in [-0.25, -0.2) is 4.98 Å². The van der Waals surface area contributed by atoms with Gasteiger partial charge >= 0.3 is 0 Å². The molecule has 2 heterocycles. The number of aryl methyl sites for hydroxylation is 3. The molecule has 0 spiro atoms. The Morgan fingerprint density at radius 1 is 1.27 bits per heavy atom. The molecule has 112 valence electrons. The van der Waals surface area contributed by atoms with Crippen LogP contribution in [0.5, 0.6) is 0 Å². The Morgan fingerprint density at radius 2 is 2.14 bits per heavy atom. The highest BCUT2D eigenvalue weighted by molar-refractivity contribution is 7.18. The Labute approximate surface area is 133 Å². The lowest BCUT2D eigenvalue weighted by molar-refractivity contribution is 0.700. The van der Waals surface area contributed by atoms with Gasteiger partial charge in [0.05, 0.1) is 5.39 Å². The van der Waals surface area contributed by atoms with E-state index in [4.69, 9.17) is 4.98 Å². The summed E-state index contributed by atoms with van der Waals surface area (Å²) in [5, 5.41) is 0.840. The average molecular weight is 310 g/mol. The molecule has 0 radical (unpaired) electrons. The number of aromatic nitrogens is 2. The minimum absolute atomic E-state index is 0.0343. The first kappa shape index (κ1) is 13.7. The standard InChI is InChI=1S/C18H18N2OS/c1-11-5-4-6-12(9-11)10-15-19-17(21)16-13-7-2-3-8-14(13)22-18(16)20-15/h4-6,9H,2-3,7-8,10H2,1H3,(H,19,20,21). The van der Waals surface area contributed by atoms with Crippen LogP contribution in [0.25, 0.3) is 10.2 Å². The van der Waals surface area contributed by atoms with E-state index in [0.29, 0.717) is 6.42 Å². The number of benzene rings is 1. The lowest BCUT2D eigenvalue weighted by Crippen LogP contribution is -2.13. The summed E-state index contributed by atoms with van der Waals surface area (Å²) in [4.78, 5) is 22.5. The number of hydrogen-bond acceptors (Lipinski definition) is 3. The van der Waals surface area contributed by atoms with E-state index < -0.39 is 0 Å². The van der Waals surface area contributed by atoms with Crippen molar-refractivity contribution in [2.24, 2.45) is 0 Å². The Morgan fingerprint density at radius 3 is 3.00 bits per heavy atom. The molecule has 1 aromatic carbocycles. The van der Waals surface area contributed by atoms with E-state index in [-0.39, 0.29) is 5.56 Å². The van der Waals surface area contributed by atoms with Crippen molar-refractivity contribution in [3.8, 4) is 0 Å². The summed E-state index contributed by atoms with van der Waals surface area (Å²) in [6.07, 6.45) is 5.22. The molecule has 1 N–H and O–H groups in total. The number of rotatable bonds is 2. The van der Waals surface area contributed by atoms with Crippen molar-refractivity contribution in [3.63, 3.8) is 0 Å². The van der Waals surface area contributed by atoms with Gasteiger partial charge in [0.1, 0.15) is 10.7 Å². The second kappa shape index (κ2) is 5.36. The molecular weight excluding hydrogens is 292 g/mol. The van der Waals surface area contributed by atoms with Gasteiger partial charge in [-0.05, 0) is 43.7 Å². The molecule has 0 saturated carbocycles. The highest BCUT2D eigenvalue weighted by atomic mass is 32.1. The molecule has 1 aliphatic rings. The number of thiophene rings is 1. The quantitative estimate of drug-likeness (QED) is 0.783. The van der Waals surface area contributed by atoms with Crippen LogP contribution < -0.4 is 5.56 Å². The fourth-order valence-corrected chi connectivity index (χ4v) is 4.59. The molecule has 4 rings (SSSR count). The van der Waals surface area contributed by atoms with Gasteiger partial charge in [-0.3, -0.25) is 4.79 Å². The van der Waals surface area contributed by atoms with Crippen molar-refractivity contribution in [1.82, 2.24) is 9.97 Å². The zero-order chi connectivity index (χ0) is 15.1. The first-order valence-electron chi connectivity index (χ1n) is 7.80. The third kappa shape index (κ3) is 2.37. The van der Waals surface area contributed by atoms with Crippen molar-refractivity contribution in [3.05, 3.63) is 62.0 Å². The number of H-pyrrole nitrogens is 1. The third-order valence-corrected chi connectivity index (χ3v) is 5.51. The number of aromatic amines is 1. The van der Waals surface area contributed by atoms with Crippen LogP contribution in [0.3, 0.4) is 0 Å². The summed E-state index contributed by atoms with van der Waals surface area (Å²) in [7, 11) is 0. The van der Waals surface area contributed by atoms with Crippen LogP contribution in [-0.4, -0.2) is 9.97 Å². The summed E-state index contributed by atoms with van der Waals surface area (Å²) < 4.78 is 0. The molecule has 0 aliphatic heterocycles. The van der Waals surface area contributed by atoms with Crippen molar-refractivity contribution < 1.29 is 0 Å². The Kier molecular flexibility index (Phi) is 3.34. The molecule has 22 heavy (non-hydrogen) atoms. The molecule has 0 bridgehead atoms. The number of nitrogens with one attached hydrogen (secondary N) is 1. The zero-order valence-electron chi connectivity index (χ0n) is 12.6. The van der Waals surface area contributed by atoms with E-state index in [9.17, 15) is 4.79 Å². The van der Waals surface area contributed by atoms with E-state index in [1.807, 2.05) is 6.07 Å². The van der Waals surface area contributed by atoms with Crippen LogP contribution in [0.4, 0.5) is 0 Å². The van der Waals surface area contributed by atoms with Crippen LogP contribution in [-0.2, 0) is 19.3 Å². The molecule has 2 aromatic heterocycles. The maximum absolute atomic E-state index is 12.5. The Bertz CT molecular complexity index is 907. The highest BCUT2D eigenvalue weighted by Crippen LogP contribution is 2.33. The lowest BCUT2D eigenvalue weighted by Gasteiger charge is -2.09. The van der Waals surface area contributed by atoms with Gasteiger partial charge in [-0.2, -0.15) is 0 Å². The van der Waals surface area contributed by atoms with E-state index in [1.165, 1.54) is 34.4 Å². The van der Waals surface area contributed by atoms with Gasteiger partial charge in [-0.15, -0.1) is 11.3 Å². The predicted octanol–water partition coefficient (Wildman–Crippen LogP) is 3.76. The van der Waals surface area contributed by atoms with Gasteiger partial charge in [0.15, 0.2) is 0 Å².